The molecule has 0 aliphatic carbocycles. The number of carbonyl (C=O) groups is 1. The van der Waals surface area contributed by atoms with Crippen molar-refractivity contribution in [2.24, 2.45) is 0 Å². The summed E-state index contributed by atoms with van der Waals surface area (Å²) in [5.74, 6) is 0.626. The lowest BCUT2D eigenvalue weighted by Gasteiger charge is -2.19. The molecule has 0 bridgehead atoms. The molecule has 1 atom stereocenters. The standard InChI is InChI=1S/C27H29N5OS2/c1-6-16-32-23(20-12-14-21(15-13-20)27(3,4)5)30-31-26(32)35-18(2)24(33)29-25-28-22(17-34-25)19-10-8-7-9-11-19/h6-15,17-18H,1,16H2,2-5H3,(H,28,29,33)/t18-/m1/s1. The van der Waals surface area contributed by atoms with Crippen LogP contribution in [0.25, 0.3) is 22.6 Å². The molecule has 180 valence electrons. The van der Waals surface area contributed by atoms with E-state index in [4.69, 9.17) is 0 Å². The van der Waals surface area contributed by atoms with Crippen LogP contribution in [0.2, 0.25) is 0 Å². The van der Waals surface area contributed by atoms with E-state index in [-0.39, 0.29) is 16.6 Å². The van der Waals surface area contributed by atoms with Crippen molar-refractivity contribution < 1.29 is 4.79 Å². The number of carbonyl (C=O) groups excluding carboxylic acids is 1. The monoisotopic (exact) mass is 503 g/mol. The second kappa shape index (κ2) is 10.6. The fourth-order valence-electron chi connectivity index (χ4n) is 3.49. The van der Waals surface area contributed by atoms with Gasteiger partial charge in [0.25, 0.3) is 0 Å². The fraction of sp³-hybridized carbons (Fsp3) is 0.259. The Hall–Kier alpha value is -3.23. The van der Waals surface area contributed by atoms with Gasteiger partial charge in [0.15, 0.2) is 16.1 Å². The van der Waals surface area contributed by atoms with Crippen molar-refractivity contribution in [1.29, 1.82) is 0 Å². The smallest absolute Gasteiger partial charge is 0.239 e. The molecule has 8 heteroatoms. The number of thiazole rings is 1. The Morgan fingerprint density at radius 3 is 2.49 bits per heavy atom. The highest BCUT2D eigenvalue weighted by atomic mass is 32.2. The molecule has 35 heavy (non-hydrogen) atoms. The maximum absolute atomic E-state index is 12.9. The molecule has 2 aromatic carbocycles. The Balaban J connectivity index is 1.48. The molecule has 0 radical (unpaired) electrons. The summed E-state index contributed by atoms with van der Waals surface area (Å²) in [6, 6.07) is 18.3. The van der Waals surface area contributed by atoms with Crippen molar-refractivity contribution in [3.8, 4) is 22.6 Å². The van der Waals surface area contributed by atoms with E-state index in [1.165, 1.54) is 28.7 Å². The highest BCUT2D eigenvalue weighted by Crippen LogP contribution is 2.30. The summed E-state index contributed by atoms with van der Waals surface area (Å²) >= 11 is 2.78. The second-order valence-corrected chi connectivity index (χ2v) is 11.4. The summed E-state index contributed by atoms with van der Waals surface area (Å²) in [7, 11) is 0. The van der Waals surface area contributed by atoms with Gasteiger partial charge in [-0.15, -0.1) is 28.1 Å². The number of hydrogen-bond acceptors (Lipinski definition) is 6. The van der Waals surface area contributed by atoms with Gasteiger partial charge in [-0.2, -0.15) is 0 Å². The first-order valence-electron chi connectivity index (χ1n) is 11.4. The lowest BCUT2D eigenvalue weighted by atomic mass is 9.87. The van der Waals surface area contributed by atoms with Crippen LogP contribution in [0.1, 0.15) is 33.3 Å². The average molecular weight is 504 g/mol. The number of benzene rings is 2. The second-order valence-electron chi connectivity index (χ2n) is 9.19. The van der Waals surface area contributed by atoms with Gasteiger partial charge in [0, 0.05) is 23.1 Å². The third kappa shape index (κ3) is 5.89. The minimum atomic E-state index is -0.386. The average Bonchev–Trinajstić information content (AvgIpc) is 3.47. The number of aromatic nitrogens is 4. The lowest BCUT2D eigenvalue weighted by molar-refractivity contribution is -0.115. The fourth-order valence-corrected chi connectivity index (χ4v) is 5.07. The van der Waals surface area contributed by atoms with E-state index in [1.807, 2.05) is 53.3 Å². The number of anilines is 1. The van der Waals surface area contributed by atoms with Gasteiger partial charge in [-0.25, -0.2) is 4.98 Å². The number of thioether (sulfide) groups is 1. The number of nitrogens with one attached hydrogen (secondary N) is 1. The molecule has 0 fully saturated rings. The van der Waals surface area contributed by atoms with Gasteiger partial charge in [0.05, 0.1) is 10.9 Å². The molecule has 0 aliphatic rings. The van der Waals surface area contributed by atoms with Crippen molar-refractivity contribution in [2.75, 3.05) is 5.32 Å². The zero-order chi connectivity index (χ0) is 25.0. The Morgan fingerprint density at radius 1 is 1.11 bits per heavy atom. The SMILES string of the molecule is C=CCn1c(S[C@H](C)C(=O)Nc2nc(-c3ccccc3)cs2)nnc1-c1ccc(C(C)(C)C)cc1. The van der Waals surface area contributed by atoms with Gasteiger partial charge in [0.1, 0.15) is 0 Å². The number of hydrogen-bond donors (Lipinski definition) is 1. The highest BCUT2D eigenvalue weighted by Gasteiger charge is 2.22. The molecule has 0 saturated carbocycles. The maximum Gasteiger partial charge on any atom is 0.239 e. The molecule has 0 unspecified atom stereocenters. The van der Waals surface area contributed by atoms with Crippen molar-refractivity contribution in [3.63, 3.8) is 0 Å². The molecule has 4 aromatic rings. The van der Waals surface area contributed by atoms with E-state index in [2.05, 4.69) is 72.1 Å². The van der Waals surface area contributed by atoms with Crippen LogP contribution in [0, 0.1) is 0 Å². The summed E-state index contributed by atoms with van der Waals surface area (Å²) in [4.78, 5) is 17.5. The first-order chi connectivity index (χ1) is 16.8. The predicted octanol–water partition coefficient (Wildman–Crippen LogP) is 6.67. The summed E-state index contributed by atoms with van der Waals surface area (Å²) in [6.07, 6.45) is 1.81. The summed E-state index contributed by atoms with van der Waals surface area (Å²) < 4.78 is 1.99. The van der Waals surface area contributed by atoms with Crippen LogP contribution in [0.4, 0.5) is 5.13 Å². The zero-order valence-corrected chi connectivity index (χ0v) is 22.0. The topological polar surface area (TPSA) is 72.7 Å². The van der Waals surface area contributed by atoms with Crippen LogP contribution in [-0.4, -0.2) is 30.9 Å². The summed E-state index contributed by atoms with van der Waals surface area (Å²) in [5, 5.41) is 14.6. The minimum absolute atomic E-state index is 0.0798. The first kappa shape index (κ1) is 24.9. The summed E-state index contributed by atoms with van der Waals surface area (Å²) in [6.45, 7) is 12.9. The van der Waals surface area contributed by atoms with E-state index in [1.54, 1.807) is 0 Å². The normalized spacial score (nSPS) is 12.3. The Labute approximate surface area is 214 Å². The predicted molar refractivity (Wildman–Crippen MR) is 146 cm³/mol. The molecular weight excluding hydrogens is 474 g/mol. The molecule has 0 aliphatic heterocycles. The number of amides is 1. The third-order valence-corrected chi connectivity index (χ3v) is 7.33. The van der Waals surface area contributed by atoms with Crippen LogP contribution < -0.4 is 5.32 Å². The number of nitrogens with zero attached hydrogens (tertiary/aromatic N) is 4. The molecule has 2 heterocycles. The van der Waals surface area contributed by atoms with E-state index in [9.17, 15) is 4.79 Å². The van der Waals surface area contributed by atoms with Gasteiger partial charge in [-0.3, -0.25) is 9.36 Å². The van der Waals surface area contributed by atoms with Gasteiger partial charge in [-0.1, -0.05) is 93.2 Å². The molecular formula is C27H29N5OS2. The van der Waals surface area contributed by atoms with Crippen molar-refractivity contribution >= 4 is 34.1 Å². The van der Waals surface area contributed by atoms with Crippen LogP contribution in [0.3, 0.4) is 0 Å². The molecule has 0 saturated heterocycles. The molecule has 4 rings (SSSR count). The Bertz CT molecular complexity index is 1300. The van der Waals surface area contributed by atoms with Gasteiger partial charge < -0.3 is 5.32 Å². The number of rotatable bonds is 8. The van der Waals surface area contributed by atoms with Crippen LogP contribution in [0.5, 0.6) is 0 Å². The van der Waals surface area contributed by atoms with E-state index in [0.29, 0.717) is 16.8 Å². The van der Waals surface area contributed by atoms with Crippen molar-refractivity contribution in [2.45, 2.75) is 50.1 Å². The molecule has 1 amide bonds. The van der Waals surface area contributed by atoms with Gasteiger partial charge in [-0.05, 0) is 17.9 Å². The van der Waals surface area contributed by atoms with E-state index in [0.717, 1.165) is 22.6 Å². The maximum atomic E-state index is 12.9. The van der Waals surface area contributed by atoms with Crippen LogP contribution in [0.15, 0.2) is 77.8 Å². The van der Waals surface area contributed by atoms with Crippen molar-refractivity contribution in [1.82, 2.24) is 19.7 Å². The molecule has 1 N–H and O–H groups in total. The van der Waals surface area contributed by atoms with Gasteiger partial charge in [0.2, 0.25) is 5.91 Å². The van der Waals surface area contributed by atoms with Gasteiger partial charge >= 0.3 is 0 Å². The number of allylic oxidation sites excluding steroid dienone is 1. The molecule has 0 spiro atoms. The van der Waals surface area contributed by atoms with E-state index < -0.39 is 0 Å². The molecule has 2 aromatic heterocycles. The van der Waals surface area contributed by atoms with Crippen LogP contribution in [-0.2, 0) is 16.8 Å². The quantitative estimate of drug-likeness (QED) is 0.215. The zero-order valence-electron chi connectivity index (χ0n) is 20.4. The Morgan fingerprint density at radius 2 is 1.83 bits per heavy atom. The highest BCUT2D eigenvalue weighted by molar-refractivity contribution is 8.00. The first-order valence-corrected chi connectivity index (χ1v) is 13.2. The van der Waals surface area contributed by atoms with Crippen molar-refractivity contribution in [3.05, 3.63) is 78.2 Å². The van der Waals surface area contributed by atoms with Crippen LogP contribution >= 0.6 is 23.1 Å². The molecule has 6 nitrogen and oxygen atoms in total. The minimum Gasteiger partial charge on any atom is -0.301 e. The summed E-state index contributed by atoms with van der Waals surface area (Å²) in [5.41, 5.74) is 4.18. The lowest BCUT2D eigenvalue weighted by Crippen LogP contribution is -2.22. The third-order valence-electron chi connectivity index (χ3n) is 5.49. The van der Waals surface area contributed by atoms with E-state index >= 15 is 0 Å². The largest absolute Gasteiger partial charge is 0.301 e. The Kier molecular flexibility index (Phi) is 7.52.